The quantitative estimate of drug-likeness (QED) is 0.0485. The van der Waals surface area contributed by atoms with Gasteiger partial charge in [-0.15, -0.1) is 0 Å². The number of benzene rings is 2. The summed E-state index contributed by atoms with van der Waals surface area (Å²) in [5.74, 6) is 0. The van der Waals surface area contributed by atoms with Gasteiger partial charge in [0.25, 0.3) is 0 Å². The van der Waals surface area contributed by atoms with E-state index in [1.165, 1.54) is 213 Å². The van der Waals surface area contributed by atoms with Crippen molar-refractivity contribution < 1.29 is 4.48 Å². The van der Waals surface area contributed by atoms with Gasteiger partial charge in [-0.1, -0.05) is 172 Å². The van der Waals surface area contributed by atoms with Gasteiger partial charge >= 0.3 is 0 Å². The Kier molecular flexibility index (Phi) is 21.3. The molecule has 0 atom stereocenters. The molecule has 0 amide bonds. The molecule has 2 aromatic carbocycles. The lowest BCUT2D eigenvalue weighted by molar-refractivity contribution is -0.910. The van der Waals surface area contributed by atoms with Crippen LogP contribution in [0.2, 0.25) is 0 Å². The lowest BCUT2D eigenvalue weighted by Gasteiger charge is -2.35. The van der Waals surface area contributed by atoms with Crippen LogP contribution in [0.5, 0.6) is 0 Å². The fourth-order valence-electron chi connectivity index (χ4n) is 8.01. The Labute approximate surface area is 292 Å². The van der Waals surface area contributed by atoms with Gasteiger partial charge < -0.3 is 9.05 Å². The van der Waals surface area contributed by atoms with Gasteiger partial charge in [0.1, 0.15) is 0 Å². The van der Waals surface area contributed by atoms with Crippen LogP contribution in [-0.2, 0) is 6.54 Å². The Morgan fingerprint density at radius 3 is 1.04 bits per heavy atom. The number of quaternary nitrogens is 1. The highest BCUT2D eigenvalue weighted by Gasteiger charge is 2.20. The first kappa shape index (κ1) is 39.6. The largest absolute Gasteiger partial charge is 0.340 e. The second kappa shape index (κ2) is 25.2. The molecule has 1 heterocycles. The average molecular weight is 646 g/mol. The van der Waals surface area contributed by atoms with Gasteiger partial charge in [-0.3, -0.25) is 0 Å². The van der Waals surface area contributed by atoms with Crippen molar-refractivity contribution in [3.63, 3.8) is 0 Å². The van der Waals surface area contributed by atoms with E-state index in [0.29, 0.717) is 0 Å². The molecule has 0 N–H and O–H groups in total. The summed E-state index contributed by atoms with van der Waals surface area (Å²) in [6.07, 6.45) is 37.2. The number of aromatic nitrogens is 1. The van der Waals surface area contributed by atoms with Crippen LogP contribution in [0.3, 0.4) is 0 Å². The fraction of sp³-hybridized carbons (Fsp3) is 0.733. The maximum absolute atomic E-state index is 2.60. The minimum Gasteiger partial charge on any atom is -0.340 e. The number of nitrogens with zero attached hydrogens (tertiary/aromatic N) is 2. The summed E-state index contributed by atoms with van der Waals surface area (Å²) >= 11 is 0. The number of hydrogen-bond acceptors (Lipinski definition) is 0. The van der Waals surface area contributed by atoms with E-state index in [9.17, 15) is 0 Å². The normalized spacial score (nSPS) is 12.1. The Balaban J connectivity index is 1.27. The van der Waals surface area contributed by atoms with Crippen LogP contribution in [0.1, 0.15) is 181 Å². The summed E-state index contributed by atoms with van der Waals surface area (Å²) in [4.78, 5) is 0. The van der Waals surface area contributed by atoms with E-state index in [-0.39, 0.29) is 0 Å². The molecule has 0 saturated carbocycles. The van der Waals surface area contributed by atoms with Crippen LogP contribution >= 0.6 is 0 Å². The molecule has 0 radical (unpaired) electrons. The summed E-state index contributed by atoms with van der Waals surface area (Å²) in [5.41, 5.74) is 2.80. The minimum absolute atomic E-state index is 1.14. The summed E-state index contributed by atoms with van der Waals surface area (Å²) in [6.45, 7) is 10.0. The lowest BCUT2D eigenvalue weighted by atomic mass is 10.0. The molecule has 0 aliphatic carbocycles. The van der Waals surface area contributed by atoms with Gasteiger partial charge in [-0.2, -0.15) is 0 Å². The molecule has 0 fully saturated rings. The average Bonchev–Trinajstić information content (AvgIpc) is 3.41. The van der Waals surface area contributed by atoms with E-state index < -0.39 is 0 Å². The molecule has 1 aromatic heterocycles. The van der Waals surface area contributed by atoms with E-state index in [2.05, 4.69) is 74.0 Å². The molecule has 3 aromatic rings. The molecule has 2 heteroatoms. The van der Waals surface area contributed by atoms with E-state index >= 15 is 0 Å². The van der Waals surface area contributed by atoms with Crippen LogP contribution in [0.4, 0.5) is 0 Å². The van der Waals surface area contributed by atoms with E-state index in [1.54, 1.807) is 0 Å². The van der Waals surface area contributed by atoms with Crippen molar-refractivity contribution in [2.45, 2.75) is 187 Å². The van der Waals surface area contributed by atoms with Gasteiger partial charge in [0.2, 0.25) is 0 Å². The number of fused-ring (bicyclic) bond motifs is 3. The maximum atomic E-state index is 2.60. The second-order valence-corrected chi connectivity index (χ2v) is 15.5. The molecule has 3 rings (SSSR count). The van der Waals surface area contributed by atoms with Crippen molar-refractivity contribution in [1.82, 2.24) is 4.57 Å². The first-order valence-electron chi connectivity index (χ1n) is 21.0. The highest BCUT2D eigenvalue weighted by molar-refractivity contribution is 6.07. The molecule has 0 unspecified atom stereocenters. The Morgan fingerprint density at radius 2 is 0.681 bits per heavy atom. The van der Waals surface area contributed by atoms with Crippen LogP contribution in [-0.4, -0.2) is 35.7 Å². The van der Waals surface area contributed by atoms with Gasteiger partial charge in [0.05, 0.1) is 26.7 Å². The number of aryl methyl sites for hydroxylation is 1. The minimum atomic E-state index is 1.14. The summed E-state index contributed by atoms with van der Waals surface area (Å²) in [7, 11) is 2.60. The topological polar surface area (TPSA) is 4.93 Å². The van der Waals surface area contributed by atoms with Crippen molar-refractivity contribution in [2.24, 2.45) is 0 Å². The van der Waals surface area contributed by atoms with E-state index in [4.69, 9.17) is 0 Å². The molecule has 47 heavy (non-hydrogen) atoms. The maximum Gasteiger partial charge on any atom is 0.0784 e. The van der Waals surface area contributed by atoms with Crippen LogP contribution < -0.4 is 0 Å². The SMILES string of the molecule is CCCCCCCCCCC[N+](C)(CCCCCCCCCCC)CCCCCCCCCCn1c2ccccc2c2ccccc21. The molecule has 0 aliphatic rings. The number of unbranched alkanes of at least 4 members (excludes halogenated alkanes) is 23. The Hall–Kier alpha value is -1.80. The summed E-state index contributed by atoms with van der Waals surface area (Å²) < 4.78 is 3.90. The van der Waals surface area contributed by atoms with Crippen molar-refractivity contribution in [3.8, 4) is 0 Å². The monoisotopic (exact) mass is 646 g/mol. The van der Waals surface area contributed by atoms with E-state index in [1.807, 2.05) is 0 Å². The molecular weight excluding hydrogens is 569 g/mol. The summed E-state index contributed by atoms with van der Waals surface area (Å²) in [5, 5.41) is 2.80. The summed E-state index contributed by atoms with van der Waals surface area (Å²) in [6, 6.07) is 17.9. The Morgan fingerprint density at radius 1 is 0.383 bits per heavy atom. The van der Waals surface area contributed by atoms with Crippen molar-refractivity contribution in [1.29, 1.82) is 0 Å². The van der Waals surface area contributed by atoms with E-state index in [0.717, 1.165) is 6.54 Å². The van der Waals surface area contributed by atoms with Crippen LogP contribution in [0.25, 0.3) is 21.8 Å². The third-order valence-electron chi connectivity index (χ3n) is 11.1. The second-order valence-electron chi connectivity index (χ2n) is 15.5. The molecule has 266 valence electrons. The predicted octanol–water partition coefficient (Wildman–Crippen LogP) is 14.4. The van der Waals surface area contributed by atoms with Crippen molar-refractivity contribution in [3.05, 3.63) is 48.5 Å². The van der Waals surface area contributed by atoms with Gasteiger partial charge in [0.15, 0.2) is 0 Å². The molecule has 0 saturated heterocycles. The zero-order valence-electron chi connectivity index (χ0n) is 31.7. The standard InChI is InChI=1S/C45H77N2/c1-4-6-8-10-12-15-19-23-31-39-47(3,40-32-24-20-16-13-11-9-7-5-2)41-33-25-21-17-14-18-22-30-38-46-44-36-28-26-34-42(44)43-35-27-29-37-45(43)46/h26-29,34-37H,4-25,30-33,38-41H2,1-3H3/q+1. The van der Waals surface area contributed by atoms with Crippen molar-refractivity contribution in [2.75, 3.05) is 26.7 Å². The van der Waals surface area contributed by atoms with Gasteiger partial charge in [0, 0.05) is 28.4 Å². The first-order valence-corrected chi connectivity index (χ1v) is 21.0. The Bertz CT molecular complexity index is 1080. The third kappa shape index (κ3) is 16.0. The molecular formula is C45H77N2+. The zero-order valence-corrected chi connectivity index (χ0v) is 31.7. The molecule has 0 bridgehead atoms. The number of para-hydroxylation sites is 2. The highest BCUT2D eigenvalue weighted by atomic mass is 15.3. The molecule has 0 aliphatic heterocycles. The predicted molar refractivity (Wildman–Crippen MR) is 212 cm³/mol. The van der Waals surface area contributed by atoms with Crippen molar-refractivity contribution >= 4 is 21.8 Å². The van der Waals surface area contributed by atoms with Gasteiger partial charge in [-0.25, -0.2) is 0 Å². The number of hydrogen-bond donors (Lipinski definition) is 0. The lowest BCUT2D eigenvalue weighted by Crippen LogP contribution is -2.46. The van der Waals surface area contributed by atoms with Crippen LogP contribution in [0, 0.1) is 0 Å². The molecule has 2 nitrogen and oxygen atoms in total. The van der Waals surface area contributed by atoms with Crippen LogP contribution in [0.15, 0.2) is 48.5 Å². The fourth-order valence-corrected chi connectivity index (χ4v) is 8.01. The highest BCUT2D eigenvalue weighted by Crippen LogP contribution is 2.29. The molecule has 0 spiro atoms. The smallest absolute Gasteiger partial charge is 0.0784 e. The first-order chi connectivity index (χ1) is 23.2. The number of rotatable bonds is 31. The zero-order chi connectivity index (χ0) is 33.3. The van der Waals surface area contributed by atoms with Gasteiger partial charge in [-0.05, 0) is 57.1 Å². The third-order valence-corrected chi connectivity index (χ3v) is 11.1.